The van der Waals surface area contributed by atoms with Crippen molar-refractivity contribution in [2.45, 2.75) is 59.0 Å². The Morgan fingerprint density at radius 1 is 1.26 bits per heavy atom. The summed E-state index contributed by atoms with van der Waals surface area (Å²) in [6.07, 6.45) is 4.32. The number of hydrogen-bond acceptors (Lipinski definition) is 3. The highest BCUT2D eigenvalue weighted by Gasteiger charge is 2.33. The van der Waals surface area contributed by atoms with Crippen LogP contribution in [-0.4, -0.2) is 48.8 Å². The van der Waals surface area contributed by atoms with Gasteiger partial charge in [-0.15, -0.1) is 0 Å². The lowest BCUT2D eigenvalue weighted by Gasteiger charge is -2.35. The molecule has 114 valence electrons. The first-order valence-corrected chi connectivity index (χ1v) is 7.84. The molecule has 0 radical (unpaired) electrons. The van der Waals surface area contributed by atoms with Crippen LogP contribution in [0.3, 0.4) is 0 Å². The monoisotopic (exact) mass is 270 g/mol. The Bertz CT molecular complexity index is 257. The minimum absolute atomic E-state index is 0.249. The maximum Gasteiger partial charge on any atom is 0.0774 e. The van der Waals surface area contributed by atoms with Crippen LogP contribution in [0.15, 0.2) is 0 Å². The third kappa shape index (κ3) is 6.73. The van der Waals surface area contributed by atoms with E-state index < -0.39 is 5.60 Å². The van der Waals surface area contributed by atoms with E-state index >= 15 is 0 Å². The summed E-state index contributed by atoms with van der Waals surface area (Å²) in [5, 5.41) is 14.0. The molecule has 0 atom stereocenters. The molecule has 0 amide bonds. The summed E-state index contributed by atoms with van der Waals surface area (Å²) in [6.45, 7) is 13.0. The van der Waals surface area contributed by atoms with E-state index in [0.29, 0.717) is 5.92 Å². The maximum absolute atomic E-state index is 10.5. The molecule has 0 heterocycles. The van der Waals surface area contributed by atoms with Gasteiger partial charge in [0.1, 0.15) is 0 Å². The van der Waals surface area contributed by atoms with Crippen molar-refractivity contribution in [2.75, 3.05) is 33.2 Å². The van der Waals surface area contributed by atoms with Crippen LogP contribution >= 0.6 is 0 Å². The van der Waals surface area contributed by atoms with E-state index in [1.54, 1.807) is 0 Å². The standard InChI is InChI=1S/C16H34N2O/c1-14(2)10-17-11-15(3,4)12-18(5)13-16(19)8-6-7-9-16/h14,17,19H,6-13H2,1-5H3. The van der Waals surface area contributed by atoms with Crippen molar-refractivity contribution in [3.8, 4) is 0 Å². The van der Waals surface area contributed by atoms with Crippen LogP contribution in [-0.2, 0) is 0 Å². The largest absolute Gasteiger partial charge is 0.389 e. The smallest absolute Gasteiger partial charge is 0.0774 e. The Morgan fingerprint density at radius 3 is 2.37 bits per heavy atom. The van der Waals surface area contributed by atoms with Crippen molar-refractivity contribution >= 4 is 0 Å². The van der Waals surface area contributed by atoms with Crippen molar-refractivity contribution in [1.29, 1.82) is 0 Å². The Hall–Kier alpha value is -0.120. The normalized spacial score (nSPS) is 19.6. The fourth-order valence-electron chi connectivity index (χ4n) is 3.24. The van der Waals surface area contributed by atoms with Gasteiger partial charge in [-0.1, -0.05) is 40.5 Å². The lowest BCUT2D eigenvalue weighted by molar-refractivity contribution is 0.00818. The first-order chi connectivity index (χ1) is 8.72. The Balaban J connectivity index is 2.30. The number of rotatable bonds is 8. The molecule has 0 aliphatic heterocycles. The van der Waals surface area contributed by atoms with E-state index in [2.05, 4.69) is 45.0 Å². The predicted molar refractivity (Wildman–Crippen MR) is 82.4 cm³/mol. The van der Waals surface area contributed by atoms with Crippen LogP contribution < -0.4 is 5.32 Å². The molecule has 1 fully saturated rings. The van der Waals surface area contributed by atoms with Crippen LogP contribution in [0.5, 0.6) is 0 Å². The molecule has 19 heavy (non-hydrogen) atoms. The zero-order valence-electron chi connectivity index (χ0n) is 13.6. The lowest BCUT2D eigenvalue weighted by atomic mass is 9.91. The fourth-order valence-corrected chi connectivity index (χ4v) is 3.24. The summed E-state index contributed by atoms with van der Waals surface area (Å²) in [5.74, 6) is 0.702. The Kier molecular flexibility index (Phi) is 6.28. The number of hydrogen-bond donors (Lipinski definition) is 2. The van der Waals surface area contributed by atoms with E-state index in [1.807, 2.05) is 0 Å². The van der Waals surface area contributed by atoms with Gasteiger partial charge in [-0.25, -0.2) is 0 Å². The summed E-state index contributed by atoms with van der Waals surface area (Å²) >= 11 is 0. The molecule has 0 saturated heterocycles. The number of aliphatic hydroxyl groups is 1. The molecule has 3 heteroatoms. The topological polar surface area (TPSA) is 35.5 Å². The third-order valence-corrected chi connectivity index (χ3v) is 3.95. The average molecular weight is 270 g/mol. The molecule has 1 rings (SSSR count). The van der Waals surface area contributed by atoms with Crippen molar-refractivity contribution < 1.29 is 5.11 Å². The molecule has 1 aliphatic carbocycles. The zero-order chi connectivity index (χ0) is 14.5. The van der Waals surface area contributed by atoms with Gasteiger partial charge in [0.2, 0.25) is 0 Å². The van der Waals surface area contributed by atoms with E-state index in [0.717, 1.165) is 39.0 Å². The van der Waals surface area contributed by atoms with E-state index in [9.17, 15) is 5.11 Å². The first-order valence-electron chi connectivity index (χ1n) is 7.84. The van der Waals surface area contributed by atoms with Gasteiger partial charge in [0.15, 0.2) is 0 Å². The molecule has 1 aliphatic rings. The minimum Gasteiger partial charge on any atom is -0.389 e. The predicted octanol–water partition coefficient (Wildman–Crippen LogP) is 2.50. The molecule has 2 N–H and O–H groups in total. The van der Waals surface area contributed by atoms with Gasteiger partial charge in [-0.05, 0) is 37.8 Å². The second-order valence-corrected chi connectivity index (χ2v) is 7.79. The molecule has 3 nitrogen and oxygen atoms in total. The van der Waals surface area contributed by atoms with Gasteiger partial charge in [-0.2, -0.15) is 0 Å². The lowest BCUT2D eigenvalue weighted by Crippen LogP contribution is -2.45. The molecular formula is C16H34N2O. The fraction of sp³-hybridized carbons (Fsp3) is 1.00. The quantitative estimate of drug-likeness (QED) is 0.711. The second kappa shape index (κ2) is 7.05. The molecule has 1 saturated carbocycles. The molecule has 0 unspecified atom stereocenters. The Labute approximate surface area is 119 Å². The summed E-state index contributed by atoms with van der Waals surface area (Å²) in [4.78, 5) is 2.31. The average Bonchev–Trinajstić information content (AvgIpc) is 2.62. The molecule has 0 bridgehead atoms. The number of nitrogens with zero attached hydrogens (tertiary/aromatic N) is 1. The Morgan fingerprint density at radius 2 is 1.84 bits per heavy atom. The summed E-state index contributed by atoms with van der Waals surface area (Å²) in [5.41, 5.74) is -0.172. The van der Waals surface area contributed by atoms with Crippen LogP contribution in [0, 0.1) is 11.3 Å². The molecule has 0 aromatic rings. The zero-order valence-corrected chi connectivity index (χ0v) is 13.6. The van der Waals surface area contributed by atoms with Gasteiger partial charge in [-0.3, -0.25) is 0 Å². The molecule has 0 spiro atoms. The summed E-state index contributed by atoms with van der Waals surface area (Å²) in [7, 11) is 2.14. The number of nitrogens with one attached hydrogen (secondary N) is 1. The van der Waals surface area contributed by atoms with Crippen molar-refractivity contribution in [2.24, 2.45) is 11.3 Å². The van der Waals surface area contributed by atoms with Gasteiger partial charge < -0.3 is 15.3 Å². The van der Waals surface area contributed by atoms with Crippen LogP contribution in [0.4, 0.5) is 0 Å². The van der Waals surface area contributed by atoms with E-state index in [-0.39, 0.29) is 5.41 Å². The van der Waals surface area contributed by atoms with Gasteiger partial charge in [0.25, 0.3) is 0 Å². The summed E-state index contributed by atoms with van der Waals surface area (Å²) in [6, 6.07) is 0. The molecular weight excluding hydrogens is 236 g/mol. The molecule has 0 aromatic heterocycles. The van der Waals surface area contributed by atoms with E-state index in [4.69, 9.17) is 0 Å². The van der Waals surface area contributed by atoms with Crippen molar-refractivity contribution in [3.05, 3.63) is 0 Å². The van der Waals surface area contributed by atoms with Crippen LogP contribution in [0.2, 0.25) is 0 Å². The first kappa shape index (κ1) is 16.9. The maximum atomic E-state index is 10.5. The third-order valence-electron chi connectivity index (χ3n) is 3.95. The summed E-state index contributed by atoms with van der Waals surface area (Å²) < 4.78 is 0. The highest BCUT2D eigenvalue weighted by atomic mass is 16.3. The van der Waals surface area contributed by atoms with Crippen molar-refractivity contribution in [1.82, 2.24) is 10.2 Å². The molecule has 0 aromatic carbocycles. The van der Waals surface area contributed by atoms with Gasteiger partial charge in [0, 0.05) is 19.6 Å². The minimum atomic E-state index is -0.420. The van der Waals surface area contributed by atoms with Gasteiger partial charge >= 0.3 is 0 Å². The number of likely N-dealkylation sites (N-methyl/N-ethyl adjacent to an activating group) is 1. The van der Waals surface area contributed by atoms with Crippen molar-refractivity contribution in [3.63, 3.8) is 0 Å². The second-order valence-electron chi connectivity index (χ2n) is 7.79. The SMILES string of the molecule is CC(C)CNCC(C)(C)CN(C)CC1(O)CCCC1. The van der Waals surface area contributed by atoms with Gasteiger partial charge in [0.05, 0.1) is 5.60 Å². The van der Waals surface area contributed by atoms with Crippen LogP contribution in [0.25, 0.3) is 0 Å². The highest BCUT2D eigenvalue weighted by molar-refractivity contribution is 4.88. The highest BCUT2D eigenvalue weighted by Crippen LogP contribution is 2.30. The van der Waals surface area contributed by atoms with E-state index in [1.165, 1.54) is 12.8 Å². The van der Waals surface area contributed by atoms with Crippen LogP contribution in [0.1, 0.15) is 53.4 Å².